The Hall–Kier alpha value is -1.22. The van der Waals surface area contributed by atoms with Crippen LogP contribution in [0.1, 0.15) is 25.5 Å². The molecule has 0 saturated carbocycles. The molecule has 0 spiro atoms. The fourth-order valence-electron chi connectivity index (χ4n) is 3.04. The summed E-state index contributed by atoms with van der Waals surface area (Å²) in [5, 5.41) is 1.35. The van der Waals surface area contributed by atoms with Crippen molar-refractivity contribution in [3.63, 3.8) is 0 Å². The third-order valence-electron chi connectivity index (χ3n) is 4.19. The minimum atomic E-state index is 0.775. The van der Waals surface area contributed by atoms with Crippen LogP contribution in [0.3, 0.4) is 0 Å². The van der Waals surface area contributed by atoms with Gasteiger partial charge in [0.25, 0.3) is 0 Å². The second kappa shape index (κ2) is 4.81. The van der Waals surface area contributed by atoms with Crippen molar-refractivity contribution in [2.24, 2.45) is 0 Å². The van der Waals surface area contributed by atoms with Gasteiger partial charge in [-0.15, -0.1) is 0 Å². The number of nitrogens with zero attached hydrogens (tertiary/aromatic N) is 1. The third kappa shape index (κ3) is 2.32. The predicted octanol–water partition coefficient (Wildman–Crippen LogP) is 1.45. The van der Waals surface area contributed by atoms with Crippen molar-refractivity contribution in [2.75, 3.05) is 13.1 Å². The number of aromatic amines is 1. The molecule has 3 heteroatoms. The van der Waals surface area contributed by atoms with E-state index in [1.807, 2.05) is 0 Å². The summed E-state index contributed by atoms with van der Waals surface area (Å²) < 4.78 is 0. The Kier molecular flexibility index (Phi) is 3.17. The zero-order chi connectivity index (χ0) is 12.5. The first kappa shape index (κ1) is 11.9. The topological polar surface area (TPSA) is 19.0 Å². The Morgan fingerprint density at radius 3 is 3.06 bits per heavy atom. The Morgan fingerprint density at radius 2 is 2.28 bits per heavy atom. The Bertz CT molecular complexity index is 546. The number of rotatable bonds is 3. The molecule has 0 bridgehead atoms. The van der Waals surface area contributed by atoms with E-state index in [-0.39, 0.29) is 0 Å². The fraction of sp³-hybridized carbons (Fsp3) is 0.467. The van der Waals surface area contributed by atoms with Crippen LogP contribution in [0.5, 0.6) is 0 Å². The molecule has 2 nitrogen and oxygen atoms in total. The van der Waals surface area contributed by atoms with E-state index < -0.39 is 0 Å². The molecule has 3 rings (SSSR count). The van der Waals surface area contributed by atoms with Crippen LogP contribution in [0, 0.1) is 0 Å². The zero-order valence-electron chi connectivity index (χ0n) is 11.4. The highest BCUT2D eigenvalue weighted by Crippen LogP contribution is 2.18. The molecule has 0 radical (unpaired) electrons. The fourth-order valence-corrected chi connectivity index (χ4v) is 3.04. The molecule has 94 valence electrons. The number of nitrogens with one attached hydrogen (secondary N) is 1. The Morgan fingerprint density at radius 1 is 1.39 bits per heavy atom. The summed E-state index contributed by atoms with van der Waals surface area (Å²) in [6.45, 7) is 4.81. The van der Waals surface area contributed by atoms with Gasteiger partial charge in [-0.25, -0.2) is 0 Å². The van der Waals surface area contributed by atoms with Crippen LogP contribution in [0.2, 0.25) is 0 Å². The second-order valence-corrected chi connectivity index (χ2v) is 5.66. The van der Waals surface area contributed by atoms with Gasteiger partial charge in [0.15, 0.2) is 0 Å². The Balaban J connectivity index is 1.71. The van der Waals surface area contributed by atoms with Gasteiger partial charge in [-0.05, 0) is 43.8 Å². The van der Waals surface area contributed by atoms with E-state index in [0.29, 0.717) is 0 Å². The molecule has 1 N–H and O–H groups in total. The lowest BCUT2D eigenvalue weighted by atomic mass is 9.95. The van der Waals surface area contributed by atoms with E-state index in [1.165, 1.54) is 48.0 Å². The quantitative estimate of drug-likeness (QED) is 0.804. The molecule has 2 aromatic rings. The standard InChI is InChI=1S/C15H21BN2/c1-11-3-2-7-18(11)8-6-14-10-12-9-13(16)4-5-15(12)17-14/h4-5,9-11,17H,2-3,6-8,16H2,1H3/t11-/m1/s1. The first-order valence-electron chi connectivity index (χ1n) is 7.05. The summed E-state index contributed by atoms with van der Waals surface area (Å²) in [6, 6.07) is 9.70. The average Bonchev–Trinajstić information content (AvgIpc) is 2.92. The highest BCUT2D eigenvalue weighted by Gasteiger charge is 2.19. The monoisotopic (exact) mass is 240 g/mol. The molecule has 1 fully saturated rings. The molecule has 1 aliphatic heterocycles. The van der Waals surface area contributed by atoms with E-state index in [1.54, 1.807) is 0 Å². The van der Waals surface area contributed by atoms with Crippen LogP contribution in [-0.4, -0.2) is 36.9 Å². The first-order valence-corrected chi connectivity index (χ1v) is 7.05. The molecule has 1 aromatic heterocycles. The van der Waals surface area contributed by atoms with Crippen molar-refractivity contribution >= 4 is 24.2 Å². The molecule has 18 heavy (non-hydrogen) atoms. The summed E-state index contributed by atoms with van der Waals surface area (Å²) in [6.07, 6.45) is 3.87. The van der Waals surface area contributed by atoms with Gasteiger partial charge in [-0.2, -0.15) is 0 Å². The number of benzene rings is 1. The van der Waals surface area contributed by atoms with Crippen LogP contribution in [-0.2, 0) is 6.42 Å². The summed E-state index contributed by atoms with van der Waals surface area (Å²) in [5.74, 6) is 0. The lowest BCUT2D eigenvalue weighted by Crippen LogP contribution is -2.29. The van der Waals surface area contributed by atoms with Crippen LogP contribution < -0.4 is 5.46 Å². The van der Waals surface area contributed by atoms with Crippen LogP contribution in [0.4, 0.5) is 0 Å². The highest BCUT2D eigenvalue weighted by atomic mass is 15.2. The lowest BCUT2D eigenvalue weighted by molar-refractivity contribution is 0.271. The summed E-state index contributed by atoms with van der Waals surface area (Å²) in [4.78, 5) is 6.14. The molecule has 1 atom stereocenters. The van der Waals surface area contributed by atoms with Crippen molar-refractivity contribution in [1.29, 1.82) is 0 Å². The summed E-state index contributed by atoms with van der Waals surface area (Å²) in [7, 11) is 2.15. The average molecular weight is 240 g/mol. The van der Waals surface area contributed by atoms with E-state index in [0.717, 1.165) is 12.5 Å². The number of aromatic nitrogens is 1. The molecule has 0 aliphatic carbocycles. The third-order valence-corrected chi connectivity index (χ3v) is 4.19. The number of H-pyrrole nitrogens is 1. The molecule has 0 amide bonds. The molecule has 1 aromatic carbocycles. The van der Waals surface area contributed by atoms with Crippen LogP contribution in [0.25, 0.3) is 10.9 Å². The van der Waals surface area contributed by atoms with Gasteiger partial charge in [0, 0.05) is 30.2 Å². The molecule has 1 aliphatic rings. The number of hydrogen-bond donors (Lipinski definition) is 1. The van der Waals surface area contributed by atoms with Gasteiger partial charge in [-0.1, -0.05) is 17.6 Å². The minimum Gasteiger partial charge on any atom is -0.358 e. The van der Waals surface area contributed by atoms with Crippen molar-refractivity contribution in [2.45, 2.75) is 32.2 Å². The van der Waals surface area contributed by atoms with E-state index in [4.69, 9.17) is 0 Å². The lowest BCUT2D eigenvalue weighted by Gasteiger charge is -2.20. The molecular formula is C15H21BN2. The van der Waals surface area contributed by atoms with Crippen molar-refractivity contribution in [1.82, 2.24) is 9.88 Å². The Labute approximate surface area is 110 Å². The predicted molar refractivity (Wildman–Crippen MR) is 80.4 cm³/mol. The minimum absolute atomic E-state index is 0.775. The van der Waals surface area contributed by atoms with Gasteiger partial charge >= 0.3 is 0 Å². The van der Waals surface area contributed by atoms with Crippen molar-refractivity contribution in [3.05, 3.63) is 30.0 Å². The van der Waals surface area contributed by atoms with Crippen LogP contribution in [0.15, 0.2) is 24.3 Å². The normalized spacial score (nSPS) is 20.8. The highest BCUT2D eigenvalue weighted by molar-refractivity contribution is 6.33. The van der Waals surface area contributed by atoms with Gasteiger partial charge in [0.1, 0.15) is 7.85 Å². The van der Waals surface area contributed by atoms with Crippen LogP contribution >= 0.6 is 0 Å². The smallest absolute Gasteiger partial charge is 0.139 e. The second-order valence-electron chi connectivity index (χ2n) is 5.66. The number of fused-ring (bicyclic) bond motifs is 1. The molecule has 2 heterocycles. The SMILES string of the molecule is Bc1ccc2[nH]c(CCN3CCC[C@H]3C)cc2c1. The van der Waals surface area contributed by atoms with E-state index >= 15 is 0 Å². The maximum absolute atomic E-state index is 3.53. The van der Waals surface area contributed by atoms with E-state index in [9.17, 15) is 0 Å². The summed E-state index contributed by atoms with van der Waals surface area (Å²) in [5.41, 5.74) is 3.97. The zero-order valence-corrected chi connectivity index (χ0v) is 11.4. The van der Waals surface area contributed by atoms with Gasteiger partial charge in [-0.3, -0.25) is 0 Å². The number of likely N-dealkylation sites (tertiary alicyclic amines) is 1. The van der Waals surface area contributed by atoms with Crippen molar-refractivity contribution in [3.8, 4) is 0 Å². The molecule has 1 saturated heterocycles. The van der Waals surface area contributed by atoms with Gasteiger partial charge in [0.2, 0.25) is 0 Å². The molecule has 0 unspecified atom stereocenters. The van der Waals surface area contributed by atoms with Crippen molar-refractivity contribution < 1.29 is 0 Å². The maximum Gasteiger partial charge on any atom is 0.139 e. The maximum atomic E-state index is 3.53. The summed E-state index contributed by atoms with van der Waals surface area (Å²) >= 11 is 0. The number of hydrogen-bond acceptors (Lipinski definition) is 1. The van der Waals surface area contributed by atoms with Gasteiger partial charge < -0.3 is 9.88 Å². The van der Waals surface area contributed by atoms with E-state index in [2.05, 4.69) is 48.9 Å². The largest absolute Gasteiger partial charge is 0.358 e. The van der Waals surface area contributed by atoms with Gasteiger partial charge in [0.05, 0.1) is 0 Å². The first-order chi connectivity index (χ1) is 8.72. The molecular weight excluding hydrogens is 219 g/mol.